The van der Waals surface area contributed by atoms with Crippen LogP contribution in [0.25, 0.3) is 0 Å². The summed E-state index contributed by atoms with van der Waals surface area (Å²) in [7, 11) is -3.74. The van der Waals surface area contributed by atoms with Gasteiger partial charge < -0.3 is 5.32 Å². The molecule has 0 aliphatic carbocycles. The Labute approximate surface area is 167 Å². The molecule has 0 saturated carbocycles. The van der Waals surface area contributed by atoms with Crippen LogP contribution in [0.2, 0.25) is 15.1 Å². The maximum atomic E-state index is 12.8. The van der Waals surface area contributed by atoms with E-state index in [1.54, 1.807) is 49.4 Å². The topological polar surface area (TPSA) is 66.5 Å². The van der Waals surface area contributed by atoms with E-state index in [-0.39, 0.29) is 22.2 Å². The van der Waals surface area contributed by atoms with E-state index >= 15 is 0 Å². The van der Waals surface area contributed by atoms with Crippen molar-refractivity contribution in [1.82, 2.24) is 0 Å². The Morgan fingerprint density at radius 2 is 1.62 bits per heavy atom. The van der Waals surface area contributed by atoms with Crippen LogP contribution < -0.4 is 9.62 Å². The Morgan fingerprint density at radius 3 is 2.08 bits per heavy atom. The molecule has 1 amide bonds. The van der Waals surface area contributed by atoms with Crippen LogP contribution in [0.5, 0.6) is 0 Å². The molecule has 2 aromatic carbocycles. The van der Waals surface area contributed by atoms with Crippen molar-refractivity contribution in [1.29, 1.82) is 0 Å². The average Bonchev–Trinajstić information content (AvgIpc) is 2.56. The summed E-state index contributed by atoms with van der Waals surface area (Å²) in [4.78, 5) is 12.8. The number of carbonyl (C=O) groups is 1. The van der Waals surface area contributed by atoms with Gasteiger partial charge in [-0.05, 0) is 42.8 Å². The molecule has 0 aromatic heterocycles. The maximum Gasteiger partial charge on any atom is 0.248 e. The smallest absolute Gasteiger partial charge is 0.248 e. The van der Waals surface area contributed by atoms with Gasteiger partial charge >= 0.3 is 0 Å². The highest BCUT2D eigenvalue weighted by atomic mass is 35.5. The largest absolute Gasteiger partial charge is 0.322 e. The first-order chi connectivity index (χ1) is 12.1. The molecule has 0 heterocycles. The third-order valence-electron chi connectivity index (χ3n) is 3.62. The molecule has 5 nitrogen and oxygen atoms in total. The molecule has 0 aliphatic heterocycles. The monoisotopic (exact) mass is 434 g/mol. The van der Waals surface area contributed by atoms with Crippen LogP contribution in [0, 0.1) is 0 Å². The van der Waals surface area contributed by atoms with Gasteiger partial charge in [0, 0.05) is 5.02 Å². The summed E-state index contributed by atoms with van der Waals surface area (Å²) in [6.07, 6.45) is 1.28. The number of carbonyl (C=O) groups excluding carboxylic acids is 1. The van der Waals surface area contributed by atoms with E-state index in [9.17, 15) is 13.2 Å². The third-order valence-corrected chi connectivity index (χ3v) is 5.68. The van der Waals surface area contributed by atoms with E-state index in [4.69, 9.17) is 34.8 Å². The first-order valence-corrected chi connectivity index (χ1v) is 10.6. The lowest BCUT2D eigenvalue weighted by molar-refractivity contribution is -0.117. The van der Waals surface area contributed by atoms with Gasteiger partial charge in [-0.1, -0.05) is 47.8 Å². The number of rotatable bonds is 6. The highest BCUT2D eigenvalue weighted by Gasteiger charge is 2.32. The second kappa shape index (κ2) is 8.48. The number of hydrogen-bond acceptors (Lipinski definition) is 3. The summed E-state index contributed by atoms with van der Waals surface area (Å²) in [5, 5.41) is 3.61. The van der Waals surface area contributed by atoms with Gasteiger partial charge in [0.25, 0.3) is 0 Å². The molecule has 2 rings (SSSR count). The van der Waals surface area contributed by atoms with Crippen LogP contribution in [0.3, 0.4) is 0 Å². The highest BCUT2D eigenvalue weighted by Crippen LogP contribution is 2.31. The molecular weight excluding hydrogens is 419 g/mol. The predicted octanol–water partition coefficient (Wildman–Crippen LogP) is 4.83. The Hall–Kier alpha value is -1.47. The molecule has 0 radical (unpaired) electrons. The first-order valence-electron chi connectivity index (χ1n) is 7.65. The standard InChI is InChI=1S/C17H17Cl3N2O3S/c1-3-15(17(23)21-16-13(19)5-4-6-14(16)20)22(26(2,24)25)12-9-7-11(18)8-10-12/h4-10,15H,3H2,1-2H3,(H,21,23)/t15-/m0/s1. The van der Waals surface area contributed by atoms with Gasteiger partial charge in [0.15, 0.2) is 0 Å². The zero-order valence-corrected chi connectivity index (χ0v) is 17.1. The van der Waals surface area contributed by atoms with E-state index in [1.807, 2.05) is 0 Å². The van der Waals surface area contributed by atoms with Gasteiger partial charge in [-0.3, -0.25) is 9.10 Å². The summed E-state index contributed by atoms with van der Waals surface area (Å²) in [6, 6.07) is 10.0. The predicted molar refractivity (Wildman–Crippen MR) is 108 cm³/mol. The second-order valence-electron chi connectivity index (χ2n) is 5.55. The van der Waals surface area contributed by atoms with E-state index in [1.165, 1.54) is 0 Å². The number of para-hydroxylation sites is 1. The molecule has 140 valence electrons. The van der Waals surface area contributed by atoms with Crippen molar-refractivity contribution in [2.45, 2.75) is 19.4 Å². The summed E-state index contributed by atoms with van der Waals surface area (Å²) >= 11 is 18.0. The quantitative estimate of drug-likeness (QED) is 0.706. The SMILES string of the molecule is CC[C@@H](C(=O)Nc1c(Cl)cccc1Cl)N(c1ccc(Cl)cc1)S(C)(=O)=O. The van der Waals surface area contributed by atoms with Crippen LogP contribution in [0.15, 0.2) is 42.5 Å². The molecule has 9 heteroatoms. The molecule has 0 aliphatic rings. The van der Waals surface area contributed by atoms with E-state index in [0.717, 1.165) is 10.6 Å². The molecule has 0 unspecified atom stereocenters. The third kappa shape index (κ3) is 4.82. The molecule has 2 aromatic rings. The Morgan fingerprint density at radius 1 is 1.08 bits per heavy atom. The number of anilines is 2. The van der Waals surface area contributed by atoms with Crippen LogP contribution in [-0.2, 0) is 14.8 Å². The van der Waals surface area contributed by atoms with Gasteiger partial charge in [-0.25, -0.2) is 8.42 Å². The number of amides is 1. The normalized spacial score (nSPS) is 12.5. The number of sulfonamides is 1. The minimum absolute atomic E-state index is 0.240. The Bertz CT molecular complexity index is 882. The fourth-order valence-corrected chi connectivity index (χ4v) is 4.30. The number of halogens is 3. The van der Waals surface area contributed by atoms with Gasteiger partial charge in [-0.2, -0.15) is 0 Å². The van der Waals surface area contributed by atoms with Gasteiger partial charge in [0.2, 0.25) is 15.9 Å². The Kier molecular flexibility index (Phi) is 6.80. The van der Waals surface area contributed by atoms with Crippen molar-refractivity contribution in [2.75, 3.05) is 15.9 Å². The molecule has 0 fully saturated rings. The van der Waals surface area contributed by atoms with Gasteiger partial charge in [-0.15, -0.1) is 0 Å². The molecule has 1 N–H and O–H groups in total. The van der Waals surface area contributed by atoms with Crippen molar-refractivity contribution in [3.63, 3.8) is 0 Å². The molecule has 0 bridgehead atoms. The zero-order chi connectivity index (χ0) is 19.5. The number of nitrogens with one attached hydrogen (secondary N) is 1. The van der Waals surface area contributed by atoms with Crippen molar-refractivity contribution < 1.29 is 13.2 Å². The molecule has 0 spiro atoms. The fraction of sp³-hybridized carbons (Fsp3) is 0.235. The number of hydrogen-bond donors (Lipinski definition) is 1. The van der Waals surface area contributed by atoms with Gasteiger partial charge in [0.1, 0.15) is 6.04 Å². The zero-order valence-electron chi connectivity index (χ0n) is 14.0. The highest BCUT2D eigenvalue weighted by molar-refractivity contribution is 7.92. The summed E-state index contributed by atoms with van der Waals surface area (Å²) in [6.45, 7) is 1.71. The molecular formula is C17H17Cl3N2O3S. The summed E-state index contributed by atoms with van der Waals surface area (Å²) < 4.78 is 25.8. The molecule has 1 atom stereocenters. The number of nitrogens with zero attached hydrogens (tertiary/aromatic N) is 1. The van der Waals surface area contributed by atoms with E-state index in [0.29, 0.717) is 10.7 Å². The van der Waals surface area contributed by atoms with Crippen molar-refractivity contribution in [2.24, 2.45) is 0 Å². The lowest BCUT2D eigenvalue weighted by atomic mass is 10.2. The Balaban J connectivity index is 2.41. The van der Waals surface area contributed by atoms with E-state index in [2.05, 4.69) is 5.32 Å². The van der Waals surface area contributed by atoms with Crippen LogP contribution in [0.4, 0.5) is 11.4 Å². The van der Waals surface area contributed by atoms with Crippen molar-refractivity contribution in [3.8, 4) is 0 Å². The summed E-state index contributed by atoms with van der Waals surface area (Å²) in [5.41, 5.74) is 0.577. The first kappa shape index (κ1) is 20.8. The van der Waals surface area contributed by atoms with Crippen molar-refractivity contribution >= 4 is 62.1 Å². The lowest BCUT2D eigenvalue weighted by Crippen LogP contribution is -2.47. The minimum atomic E-state index is -3.74. The average molecular weight is 436 g/mol. The van der Waals surface area contributed by atoms with Crippen molar-refractivity contribution in [3.05, 3.63) is 57.5 Å². The molecule has 0 saturated heterocycles. The van der Waals surface area contributed by atoms with E-state index < -0.39 is 22.0 Å². The molecule has 26 heavy (non-hydrogen) atoms. The summed E-state index contributed by atoms with van der Waals surface area (Å²) in [5.74, 6) is -0.539. The maximum absolute atomic E-state index is 12.8. The van der Waals surface area contributed by atoms with Crippen LogP contribution in [0.1, 0.15) is 13.3 Å². The van der Waals surface area contributed by atoms with Crippen LogP contribution >= 0.6 is 34.8 Å². The minimum Gasteiger partial charge on any atom is -0.322 e. The second-order valence-corrected chi connectivity index (χ2v) is 8.66. The van der Waals surface area contributed by atoms with Crippen LogP contribution in [-0.4, -0.2) is 26.6 Å². The lowest BCUT2D eigenvalue weighted by Gasteiger charge is -2.30. The number of benzene rings is 2. The fourth-order valence-electron chi connectivity index (χ4n) is 2.47. The van der Waals surface area contributed by atoms with Gasteiger partial charge in [0.05, 0.1) is 27.7 Å².